The number of carbonyl (C=O) groups is 4. The highest BCUT2D eigenvalue weighted by atomic mass is 35.5. The zero-order valence-corrected chi connectivity index (χ0v) is 50.6. The summed E-state index contributed by atoms with van der Waals surface area (Å²) in [6.45, 7) is 9.79. The number of halogens is 6. The zero-order chi connectivity index (χ0) is 61.8. The number of hydrogen-bond acceptors (Lipinski definition) is 12. The fourth-order valence-corrected chi connectivity index (χ4v) is 12.6. The highest BCUT2D eigenvalue weighted by Crippen LogP contribution is 2.61. The van der Waals surface area contributed by atoms with Crippen LogP contribution in [0, 0.1) is 46.0 Å². The van der Waals surface area contributed by atoms with Gasteiger partial charge in [-0.3, -0.25) is 19.2 Å². The van der Waals surface area contributed by atoms with Gasteiger partial charge in [-0.2, -0.15) is 10.2 Å². The van der Waals surface area contributed by atoms with Gasteiger partial charge < -0.3 is 45.2 Å². The lowest BCUT2D eigenvalue weighted by molar-refractivity contribution is -0.130. The van der Waals surface area contributed by atoms with Gasteiger partial charge in [0, 0.05) is 105 Å². The van der Waals surface area contributed by atoms with E-state index in [0.29, 0.717) is 60.1 Å². The summed E-state index contributed by atoms with van der Waals surface area (Å²) in [7, 11) is 3.00. The maximum absolute atomic E-state index is 17.0. The van der Waals surface area contributed by atoms with Crippen molar-refractivity contribution in [3.8, 4) is 28.7 Å². The molecule has 2 fully saturated rings. The molecule has 4 atom stereocenters. The van der Waals surface area contributed by atoms with E-state index >= 15 is 13.2 Å². The molecule has 1 aliphatic heterocycles. The Hall–Kier alpha value is -7.89. The molecule has 1 saturated carbocycles. The molecule has 2 heterocycles. The van der Waals surface area contributed by atoms with Crippen molar-refractivity contribution in [2.75, 3.05) is 88.7 Å². The van der Waals surface area contributed by atoms with Gasteiger partial charge >= 0.3 is 0 Å². The number of aromatic hydroxyl groups is 1. The molecule has 22 heteroatoms. The standard InChI is InChI=1S/C64H65Cl3F3N9O7/c1-36(80)78-21-23-79(24-22-78)59-46-33-49(67)54(44-32-41(81)28-37-10-7-8-11-42(37)44)57(70)58(46)75-62(76-59)73-19-18-53(82)77(5)25-27-86-26-20-72-60(83)38-14-17-51(52(29-38)85-6)74-61(84)45-30-39(34-63(2,3)4)64(35-71,47-16-15-40(65)31-50(47)68)55(45)43-12-9-13-48(66)56(43)69/h7-17,28-29,31-33,39,45,55,81H,18-27,30,34H2,1-6H3,(H,72,83)(H,74,84)(H,73,75,76)/t39-,45+,55-,64+/m0/s1. The van der Waals surface area contributed by atoms with Crippen molar-refractivity contribution < 1.29 is 46.9 Å². The van der Waals surface area contributed by atoms with Gasteiger partial charge in [-0.15, -0.1) is 0 Å². The van der Waals surface area contributed by atoms with Gasteiger partial charge in [-0.1, -0.05) is 98.0 Å². The van der Waals surface area contributed by atoms with E-state index in [-0.39, 0.29) is 123 Å². The summed E-state index contributed by atoms with van der Waals surface area (Å²) in [5.41, 5.74) is -1.34. The SMILES string of the molecule is COc1cc(C(=O)NCCOCCN(C)C(=O)CCNc2nc(N3CCN(C(C)=O)CC3)c3cc(Cl)c(-c4cc(O)cc5ccccc45)c(F)c3n2)ccc1NC(=O)[C@@H]1C[C@@H](CC(C)(C)C)[C@](C#N)(c2ccc(Cl)cc2F)[C@H]1c1cccc(Cl)c1F. The molecule has 4 N–H and O–H groups in total. The van der Waals surface area contributed by atoms with Crippen LogP contribution in [-0.4, -0.2) is 122 Å². The van der Waals surface area contributed by atoms with Gasteiger partial charge in [0.1, 0.15) is 34.5 Å². The fourth-order valence-electron chi connectivity index (χ4n) is 12.0. The van der Waals surface area contributed by atoms with Crippen molar-refractivity contribution in [1.82, 2.24) is 25.1 Å². The molecule has 16 nitrogen and oxygen atoms in total. The van der Waals surface area contributed by atoms with Gasteiger partial charge in [0.05, 0.1) is 47.5 Å². The lowest BCUT2D eigenvalue weighted by Crippen LogP contribution is -2.48. The van der Waals surface area contributed by atoms with Crippen molar-refractivity contribution in [3.05, 3.63) is 146 Å². The molecule has 0 spiro atoms. The van der Waals surface area contributed by atoms with Gasteiger partial charge in [-0.05, 0) is 101 Å². The Morgan fingerprint density at radius 2 is 1.63 bits per heavy atom. The number of phenols is 1. The molecular formula is C64H65Cl3F3N9O7. The molecule has 9 rings (SSSR count). The number of nitrogens with one attached hydrogen (secondary N) is 3. The topological polar surface area (TPSA) is 202 Å². The summed E-state index contributed by atoms with van der Waals surface area (Å²) in [5.74, 6) is -6.00. The van der Waals surface area contributed by atoms with Gasteiger partial charge in [0.25, 0.3) is 5.91 Å². The first-order valence-corrected chi connectivity index (χ1v) is 29.2. The number of likely N-dealkylation sites (N-methyl/N-ethyl adjacent to an activating group) is 1. The van der Waals surface area contributed by atoms with Gasteiger partial charge in [0.15, 0.2) is 5.82 Å². The number of phenolic OH excluding ortho intramolecular Hbond substituents is 1. The molecule has 450 valence electrons. The molecule has 4 amide bonds. The number of fused-ring (bicyclic) bond motifs is 2. The number of rotatable bonds is 19. The summed E-state index contributed by atoms with van der Waals surface area (Å²) >= 11 is 19.4. The minimum absolute atomic E-state index is 0.00611. The van der Waals surface area contributed by atoms with Gasteiger partial charge in [0.2, 0.25) is 23.7 Å². The predicted octanol–water partition coefficient (Wildman–Crippen LogP) is 12.2. The number of anilines is 3. The first-order chi connectivity index (χ1) is 41.0. The Balaban J connectivity index is 0.806. The van der Waals surface area contributed by atoms with Crippen LogP contribution in [0.4, 0.5) is 30.6 Å². The molecule has 0 radical (unpaired) electrons. The van der Waals surface area contributed by atoms with Crippen LogP contribution in [-0.2, 0) is 24.5 Å². The van der Waals surface area contributed by atoms with Crippen molar-refractivity contribution in [2.24, 2.45) is 17.3 Å². The van der Waals surface area contributed by atoms with Crippen LogP contribution in [0.1, 0.15) is 74.4 Å². The van der Waals surface area contributed by atoms with E-state index in [0.717, 1.165) is 6.07 Å². The maximum atomic E-state index is 17.0. The van der Waals surface area contributed by atoms with Crippen LogP contribution in [0.25, 0.3) is 32.8 Å². The van der Waals surface area contributed by atoms with Crippen molar-refractivity contribution in [2.45, 2.75) is 58.3 Å². The molecule has 0 bridgehead atoms. The monoisotopic (exact) mass is 1230 g/mol. The number of nitrogens with zero attached hydrogens (tertiary/aromatic N) is 6. The molecule has 7 aromatic rings. The second-order valence-electron chi connectivity index (χ2n) is 22.8. The number of methoxy groups -OCH3 is 1. The summed E-state index contributed by atoms with van der Waals surface area (Å²) in [6, 6.07) is 27.1. The molecule has 1 aromatic heterocycles. The number of nitriles is 1. The van der Waals surface area contributed by atoms with Crippen LogP contribution >= 0.6 is 34.8 Å². The molecule has 86 heavy (non-hydrogen) atoms. The van der Waals surface area contributed by atoms with E-state index in [2.05, 4.69) is 27.0 Å². The Bertz CT molecular complexity index is 3800. The average Bonchev–Trinajstić information content (AvgIpc) is 1.50. The van der Waals surface area contributed by atoms with Crippen LogP contribution < -0.4 is 25.6 Å². The number of benzene rings is 6. The Morgan fingerprint density at radius 3 is 2.34 bits per heavy atom. The van der Waals surface area contributed by atoms with E-state index in [1.165, 1.54) is 73.5 Å². The smallest absolute Gasteiger partial charge is 0.251 e. The van der Waals surface area contributed by atoms with E-state index in [1.54, 1.807) is 24.1 Å². The lowest BCUT2D eigenvalue weighted by atomic mass is 9.62. The first-order valence-electron chi connectivity index (χ1n) is 28.1. The Kier molecular flexibility index (Phi) is 19.2. The lowest BCUT2D eigenvalue weighted by Gasteiger charge is -2.38. The third-order valence-corrected chi connectivity index (χ3v) is 16.8. The number of amides is 4. The number of ether oxygens (including phenoxy) is 2. The number of hydrogen-bond donors (Lipinski definition) is 4. The molecule has 6 aromatic carbocycles. The largest absolute Gasteiger partial charge is 0.508 e. The summed E-state index contributed by atoms with van der Waals surface area (Å²) in [6.07, 6.45) is 0.485. The molecule has 1 aliphatic carbocycles. The molecule has 0 unspecified atom stereocenters. The minimum atomic E-state index is -1.74. The average molecular weight is 1240 g/mol. The zero-order valence-electron chi connectivity index (χ0n) is 48.3. The van der Waals surface area contributed by atoms with E-state index in [4.69, 9.17) is 49.3 Å². The minimum Gasteiger partial charge on any atom is -0.508 e. The summed E-state index contributed by atoms with van der Waals surface area (Å²) < 4.78 is 60.9. The summed E-state index contributed by atoms with van der Waals surface area (Å²) in [4.78, 5) is 68.1. The second-order valence-corrected chi connectivity index (χ2v) is 24.1. The van der Waals surface area contributed by atoms with Crippen LogP contribution in [0.5, 0.6) is 11.5 Å². The van der Waals surface area contributed by atoms with Crippen LogP contribution in [0.3, 0.4) is 0 Å². The van der Waals surface area contributed by atoms with Crippen LogP contribution in [0.15, 0.2) is 97.1 Å². The highest BCUT2D eigenvalue weighted by molar-refractivity contribution is 6.35. The second kappa shape index (κ2) is 26.4. The highest BCUT2D eigenvalue weighted by Gasteiger charge is 2.61. The molecule has 2 aliphatic rings. The quantitative estimate of drug-likeness (QED) is 0.0559. The van der Waals surface area contributed by atoms with Crippen molar-refractivity contribution in [3.63, 3.8) is 0 Å². The summed E-state index contributed by atoms with van der Waals surface area (Å²) in [5, 5.41) is 32.4. The first kappa shape index (κ1) is 62.6. The number of carbonyl (C=O) groups excluding carboxylic acids is 4. The van der Waals surface area contributed by atoms with E-state index in [9.17, 15) is 29.5 Å². The van der Waals surface area contributed by atoms with Crippen molar-refractivity contribution >= 4 is 97.6 Å². The molecule has 1 saturated heterocycles. The third kappa shape index (κ3) is 13.2. The maximum Gasteiger partial charge on any atom is 0.251 e. The third-order valence-electron chi connectivity index (χ3n) is 16.0. The number of piperazine rings is 1. The fraction of sp³-hybridized carbons (Fsp3) is 0.359. The predicted molar refractivity (Wildman–Crippen MR) is 328 cm³/mol. The molecular weight excluding hydrogens is 1170 g/mol. The van der Waals surface area contributed by atoms with E-state index < -0.39 is 57.8 Å². The Labute approximate surface area is 511 Å². The normalized spacial score (nSPS) is 17.8. The van der Waals surface area contributed by atoms with Crippen molar-refractivity contribution in [1.29, 1.82) is 5.26 Å². The van der Waals surface area contributed by atoms with E-state index in [1.807, 2.05) is 49.9 Å². The Morgan fingerprint density at radius 1 is 0.872 bits per heavy atom. The van der Waals surface area contributed by atoms with Gasteiger partial charge in [-0.25, -0.2) is 18.2 Å². The number of aromatic nitrogens is 2. The van der Waals surface area contributed by atoms with Crippen LogP contribution in [0.2, 0.25) is 15.1 Å².